The summed E-state index contributed by atoms with van der Waals surface area (Å²) >= 11 is 6.20. The van der Waals surface area contributed by atoms with E-state index in [-0.39, 0.29) is 11.8 Å². The highest BCUT2D eigenvalue weighted by Crippen LogP contribution is 2.30. The van der Waals surface area contributed by atoms with Gasteiger partial charge in [-0.15, -0.1) is 0 Å². The molecule has 1 aliphatic heterocycles. The Kier molecular flexibility index (Phi) is 4.28. The molecule has 0 atom stereocenters. The molecule has 1 heterocycles. The van der Waals surface area contributed by atoms with Crippen LogP contribution in [-0.2, 0) is 4.79 Å². The number of carbonyl (C=O) groups excluding carboxylic acids is 1. The highest BCUT2D eigenvalue weighted by molar-refractivity contribution is 6.33. The maximum atomic E-state index is 11.6. The molecule has 1 amide bonds. The number of nitrogens with one attached hydrogen (secondary N) is 1. The van der Waals surface area contributed by atoms with Crippen molar-refractivity contribution in [1.29, 1.82) is 5.26 Å². The molecule has 1 N–H and O–H groups in total. The third-order valence-electron chi connectivity index (χ3n) is 3.53. The number of hydrogen-bond acceptors (Lipinski definition) is 3. The Morgan fingerprint density at radius 2 is 2.16 bits per heavy atom. The Balaban J connectivity index is 2.06. The van der Waals surface area contributed by atoms with Crippen molar-refractivity contribution in [2.75, 3.05) is 25.0 Å². The Morgan fingerprint density at radius 1 is 1.47 bits per heavy atom. The molecule has 0 aromatic heterocycles. The van der Waals surface area contributed by atoms with E-state index in [4.69, 9.17) is 16.9 Å². The summed E-state index contributed by atoms with van der Waals surface area (Å²) < 4.78 is 0. The van der Waals surface area contributed by atoms with Crippen molar-refractivity contribution in [2.45, 2.75) is 12.8 Å². The summed E-state index contributed by atoms with van der Waals surface area (Å²) in [6.45, 7) is 1.62. The molecule has 4 nitrogen and oxygen atoms in total. The van der Waals surface area contributed by atoms with Crippen LogP contribution in [0.2, 0.25) is 5.02 Å². The Bertz CT molecular complexity index is 516. The number of amides is 1. The number of nitriles is 1. The van der Waals surface area contributed by atoms with Crippen LogP contribution in [0.4, 0.5) is 5.69 Å². The number of piperidine rings is 1. The molecule has 5 heteroatoms. The van der Waals surface area contributed by atoms with E-state index in [2.05, 4.69) is 16.3 Å². The van der Waals surface area contributed by atoms with Crippen molar-refractivity contribution < 1.29 is 4.79 Å². The molecule has 1 aromatic carbocycles. The van der Waals surface area contributed by atoms with Crippen LogP contribution in [-0.4, -0.2) is 26.0 Å². The molecule has 2 rings (SSSR count). The van der Waals surface area contributed by atoms with Crippen LogP contribution in [0.1, 0.15) is 18.4 Å². The predicted molar refractivity (Wildman–Crippen MR) is 75.2 cm³/mol. The molecule has 100 valence electrons. The van der Waals surface area contributed by atoms with Gasteiger partial charge in [-0.1, -0.05) is 11.6 Å². The van der Waals surface area contributed by atoms with Crippen LogP contribution in [0, 0.1) is 17.2 Å². The van der Waals surface area contributed by atoms with E-state index in [1.165, 1.54) is 0 Å². The second kappa shape index (κ2) is 5.94. The fraction of sp³-hybridized carbons (Fsp3) is 0.429. The summed E-state index contributed by atoms with van der Waals surface area (Å²) in [7, 11) is 1.67. The van der Waals surface area contributed by atoms with Gasteiger partial charge in [0.2, 0.25) is 5.91 Å². The molecule has 0 saturated carbocycles. The molecule has 0 spiro atoms. The fourth-order valence-electron chi connectivity index (χ4n) is 2.42. The van der Waals surface area contributed by atoms with Crippen molar-refractivity contribution in [3.63, 3.8) is 0 Å². The van der Waals surface area contributed by atoms with Gasteiger partial charge >= 0.3 is 0 Å². The van der Waals surface area contributed by atoms with Crippen LogP contribution < -0.4 is 10.2 Å². The second-order valence-electron chi connectivity index (χ2n) is 4.65. The molecule has 1 saturated heterocycles. The molecule has 19 heavy (non-hydrogen) atoms. The molecule has 1 aromatic rings. The third kappa shape index (κ3) is 2.99. The second-order valence-corrected chi connectivity index (χ2v) is 5.06. The number of benzene rings is 1. The van der Waals surface area contributed by atoms with E-state index in [1.807, 2.05) is 6.07 Å². The standard InChI is InChI=1S/C14H16ClN3O/c1-17-14(19)11-4-6-18(7-5-11)13-3-2-10(9-16)8-12(13)15/h2-3,8,11H,4-7H2,1H3,(H,17,19). The number of anilines is 1. The maximum Gasteiger partial charge on any atom is 0.222 e. The first kappa shape index (κ1) is 13.7. The molecule has 0 bridgehead atoms. The van der Waals surface area contributed by atoms with E-state index >= 15 is 0 Å². The van der Waals surface area contributed by atoms with Crippen LogP contribution >= 0.6 is 11.6 Å². The first-order valence-corrected chi connectivity index (χ1v) is 6.69. The van der Waals surface area contributed by atoms with Gasteiger partial charge in [0.25, 0.3) is 0 Å². The van der Waals surface area contributed by atoms with Crippen LogP contribution in [0.25, 0.3) is 0 Å². The number of nitrogens with zero attached hydrogens (tertiary/aromatic N) is 2. The molecule has 0 aliphatic carbocycles. The lowest BCUT2D eigenvalue weighted by Gasteiger charge is -2.33. The molecule has 0 radical (unpaired) electrons. The van der Waals surface area contributed by atoms with Crippen molar-refractivity contribution in [2.24, 2.45) is 5.92 Å². The van der Waals surface area contributed by atoms with Gasteiger partial charge in [-0.25, -0.2) is 0 Å². The minimum atomic E-state index is 0.0957. The normalized spacial score (nSPS) is 15.9. The zero-order valence-electron chi connectivity index (χ0n) is 10.8. The first-order valence-electron chi connectivity index (χ1n) is 6.32. The minimum Gasteiger partial charge on any atom is -0.370 e. The quantitative estimate of drug-likeness (QED) is 0.901. The monoisotopic (exact) mass is 277 g/mol. The molecule has 0 unspecified atom stereocenters. The highest BCUT2D eigenvalue weighted by Gasteiger charge is 2.25. The molecule has 1 aliphatic rings. The third-order valence-corrected chi connectivity index (χ3v) is 3.83. The lowest BCUT2D eigenvalue weighted by atomic mass is 9.95. The van der Waals surface area contributed by atoms with Gasteiger partial charge in [-0.3, -0.25) is 4.79 Å². The molecular formula is C14H16ClN3O. The van der Waals surface area contributed by atoms with Crippen LogP contribution in [0.3, 0.4) is 0 Å². The fourth-order valence-corrected chi connectivity index (χ4v) is 2.72. The average Bonchev–Trinajstić information content (AvgIpc) is 2.46. The summed E-state index contributed by atoms with van der Waals surface area (Å²) in [5.74, 6) is 0.212. The summed E-state index contributed by atoms with van der Waals surface area (Å²) in [4.78, 5) is 13.7. The van der Waals surface area contributed by atoms with Crippen molar-refractivity contribution in [3.05, 3.63) is 28.8 Å². The highest BCUT2D eigenvalue weighted by atomic mass is 35.5. The SMILES string of the molecule is CNC(=O)C1CCN(c2ccc(C#N)cc2Cl)CC1. The van der Waals surface area contributed by atoms with Crippen molar-refractivity contribution in [1.82, 2.24) is 5.32 Å². The summed E-state index contributed by atoms with van der Waals surface area (Å²) in [6, 6.07) is 7.40. The maximum absolute atomic E-state index is 11.6. The van der Waals surface area contributed by atoms with Gasteiger partial charge in [-0.2, -0.15) is 5.26 Å². The van der Waals surface area contributed by atoms with E-state index < -0.39 is 0 Å². The smallest absolute Gasteiger partial charge is 0.222 e. The molecular weight excluding hydrogens is 262 g/mol. The van der Waals surface area contributed by atoms with E-state index in [9.17, 15) is 4.79 Å². The van der Waals surface area contributed by atoms with Gasteiger partial charge in [0.1, 0.15) is 0 Å². The van der Waals surface area contributed by atoms with E-state index in [1.54, 1.807) is 19.2 Å². The van der Waals surface area contributed by atoms with Gasteiger partial charge < -0.3 is 10.2 Å². The van der Waals surface area contributed by atoms with Crippen molar-refractivity contribution in [3.8, 4) is 6.07 Å². The lowest BCUT2D eigenvalue weighted by Crippen LogP contribution is -2.39. The number of halogens is 1. The number of hydrogen-bond donors (Lipinski definition) is 1. The van der Waals surface area contributed by atoms with E-state index in [0.717, 1.165) is 31.6 Å². The zero-order valence-corrected chi connectivity index (χ0v) is 11.6. The van der Waals surface area contributed by atoms with Gasteiger partial charge in [0, 0.05) is 26.1 Å². The predicted octanol–water partition coefficient (Wildman–Crippen LogP) is 2.17. The van der Waals surface area contributed by atoms with Gasteiger partial charge in [0.15, 0.2) is 0 Å². The Labute approximate surface area is 118 Å². The van der Waals surface area contributed by atoms with Gasteiger partial charge in [0.05, 0.1) is 22.3 Å². The first-order chi connectivity index (χ1) is 9.15. The summed E-state index contributed by atoms with van der Waals surface area (Å²) in [5.41, 5.74) is 1.50. The van der Waals surface area contributed by atoms with E-state index in [0.29, 0.717) is 10.6 Å². The number of carbonyl (C=O) groups is 1. The number of rotatable bonds is 2. The molecule has 1 fully saturated rings. The summed E-state index contributed by atoms with van der Waals surface area (Å²) in [6.07, 6.45) is 1.66. The van der Waals surface area contributed by atoms with Gasteiger partial charge in [-0.05, 0) is 31.0 Å². The zero-order chi connectivity index (χ0) is 13.8. The Hall–Kier alpha value is -1.73. The van der Waals surface area contributed by atoms with Crippen LogP contribution in [0.15, 0.2) is 18.2 Å². The largest absolute Gasteiger partial charge is 0.370 e. The van der Waals surface area contributed by atoms with Crippen LogP contribution in [0.5, 0.6) is 0 Å². The minimum absolute atomic E-state index is 0.0957. The van der Waals surface area contributed by atoms with Crippen molar-refractivity contribution >= 4 is 23.2 Å². The average molecular weight is 278 g/mol. The summed E-state index contributed by atoms with van der Waals surface area (Å²) in [5, 5.41) is 12.1. The Morgan fingerprint density at radius 3 is 2.68 bits per heavy atom. The topological polar surface area (TPSA) is 56.1 Å². The lowest BCUT2D eigenvalue weighted by molar-refractivity contribution is -0.125.